The molecule has 23 heavy (non-hydrogen) atoms. The van der Waals surface area contributed by atoms with Gasteiger partial charge in [0.25, 0.3) is 5.91 Å². The lowest BCUT2D eigenvalue weighted by Crippen LogP contribution is -2.56. The summed E-state index contributed by atoms with van der Waals surface area (Å²) in [6, 6.07) is -0.622. The van der Waals surface area contributed by atoms with Gasteiger partial charge in [0.15, 0.2) is 3.79 Å². The Hall–Kier alpha value is 0.130. The van der Waals surface area contributed by atoms with E-state index in [-0.39, 0.29) is 23.4 Å². The van der Waals surface area contributed by atoms with E-state index in [2.05, 4.69) is 0 Å². The predicted octanol–water partition coefficient (Wildman–Crippen LogP) is 4.01. The maximum Gasteiger partial charge on any atom is 0.270 e. The van der Waals surface area contributed by atoms with Crippen molar-refractivity contribution in [3.63, 3.8) is 0 Å². The number of alkyl halides is 5. The van der Waals surface area contributed by atoms with Crippen LogP contribution in [-0.4, -0.2) is 50.4 Å². The first-order chi connectivity index (χ1) is 10.4. The van der Waals surface area contributed by atoms with Gasteiger partial charge in [0.1, 0.15) is 16.6 Å². The average Bonchev–Trinajstić information content (AvgIpc) is 2.44. The molecule has 0 saturated carbocycles. The molecule has 132 valence electrons. The zero-order valence-corrected chi connectivity index (χ0v) is 17.0. The molecule has 3 atom stereocenters. The van der Waals surface area contributed by atoms with Gasteiger partial charge in [-0.3, -0.25) is 9.59 Å². The van der Waals surface area contributed by atoms with Crippen LogP contribution in [0.4, 0.5) is 0 Å². The Kier molecular flexibility index (Phi) is 7.37. The van der Waals surface area contributed by atoms with Crippen molar-refractivity contribution < 1.29 is 9.59 Å². The number of amides is 2. The number of likely N-dealkylation sites (N-methyl/N-ethyl adjacent to an activating group) is 2. The van der Waals surface area contributed by atoms with E-state index in [1.165, 1.54) is 22.9 Å². The van der Waals surface area contributed by atoms with E-state index in [1.807, 2.05) is 6.92 Å². The standard InChI is InChI=1S/C14H19Cl5N2O2/c1-7(11(15)16)5-9-12(22)21(4)10(13(23)20(9)3)6-8(2)14(17,18)19/h6-9,11H,5H2,1-4H3/b10-6+/t7-,8-,9?/m0/s1. The summed E-state index contributed by atoms with van der Waals surface area (Å²) in [5.41, 5.74) is 0.188. The Morgan fingerprint density at radius 2 is 1.70 bits per heavy atom. The van der Waals surface area contributed by atoms with Crippen molar-refractivity contribution in [2.45, 2.75) is 34.9 Å². The highest BCUT2D eigenvalue weighted by Crippen LogP contribution is 2.37. The van der Waals surface area contributed by atoms with Crippen LogP contribution in [0.3, 0.4) is 0 Å². The van der Waals surface area contributed by atoms with Gasteiger partial charge < -0.3 is 9.80 Å². The van der Waals surface area contributed by atoms with Crippen LogP contribution in [0.5, 0.6) is 0 Å². The van der Waals surface area contributed by atoms with Crippen molar-refractivity contribution in [1.29, 1.82) is 0 Å². The molecule has 9 heteroatoms. The molecular weight excluding hydrogens is 405 g/mol. The number of hydrogen-bond acceptors (Lipinski definition) is 2. The second-order valence-electron chi connectivity index (χ2n) is 5.76. The van der Waals surface area contributed by atoms with Crippen LogP contribution in [-0.2, 0) is 9.59 Å². The minimum absolute atomic E-state index is 0.137. The van der Waals surface area contributed by atoms with Gasteiger partial charge in [-0.05, 0) is 18.4 Å². The molecule has 0 aromatic heterocycles. The van der Waals surface area contributed by atoms with Crippen molar-refractivity contribution in [3.05, 3.63) is 11.8 Å². The largest absolute Gasteiger partial charge is 0.328 e. The lowest BCUT2D eigenvalue weighted by atomic mass is 9.97. The van der Waals surface area contributed by atoms with E-state index < -0.39 is 20.6 Å². The molecular formula is C14H19Cl5N2O2. The zero-order valence-electron chi connectivity index (χ0n) is 13.2. The molecule has 0 aromatic rings. The lowest BCUT2D eigenvalue weighted by molar-refractivity contribution is -0.149. The zero-order chi connectivity index (χ0) is 18.1. The number of piperazine rings is 1. The van der Waals surface area contributed by atoms with Crippen molar-refractivity contribution in [2.24, 2.45) is 11.8 Å². The van der Waals surface area contributed by atoms with Gasteiger partial charge in [0, 0.05) is 20.0 Å². The van der Waals surface area contributed by atoms with Gasteiger partial charge in [-0.1, -0.05) is 48.7 Å². The number of carbonyl (C=O) groups is 2. The van der Waals surface area contributed by atoms with Crippen LogP contribution in [0.25, 0.3) is 0 Å². The second-order valence-corrected chi connectivity index (χ2v) is 9.29. The van der Waals surface area contributed by atoms with Gasteiger partial charge in [0.2, 0.25) is 5.91 Å². The maximum absolute atomic E-state index is 12.6. The molecule has 1 fully saturated rings. The molecule has 1 aliphatic rings. The number of rotatable bonds is 4. The van der Waals surface area contributed by atoms with Crippen LogP contribution >= 0.6 is 58.0 Å². The Morgan fingerprint density at radius 1 is 1.17 bits per heavy atom. The smallest absolute Gasteiger partial charge is 0.270 e. The average molecular weight is 425 g/mol. The number of halogens is 5. The predicted molar refractivity (Wildman–Crippen MR) is 96.1 cm³/mol. The molecule has 4 nitrogen and oxygen atoms in total. The topological polar surface area (TPSA) is 40.6 Å². The highest BCUT2D eigenvalue weighted by atomic mass is 35.6. The summed E-state index contributed by atoms with van der Waals surface area (Å²) in [6.45, 7) is 3.48. The van der Waals surface area contributed by atoms with Crippen LogP contribution in [0.2, 0.25) is 0 Å². The Morgan fingerprint density at radius 3 is 2.13 bits per heavy atom. The minimum atomic E-state index is -1.56. The molecule has 0 N–H and O–H groups in total. The molecule has 1 heterocycles. The minimum Gasteiger partial charge on any atom is -0.328 e. The lowest BCUT2D eigenvalue weighted by Gasteiger charge is -2.39. The Labute approximate surface area is 161 Å². The van der Waals surface area contributed by atoms with Crippen molar-refractivity contribution >= 4 is 69.8 Å². The normalized spacial score (nSPS) is 24.6. The van der Waals surface area contributed by atoms with Crippen LogP contribution in [0, 0.1) is 11.8 Å². The van der Waals surface area contributed by atoms with E-state index in [1.54, 1.807) is 14.0 Å². The first-order valence-corrected chi connectivity index (χ1v) is 9.00. The van der Waals surface area contributed by atoms with Gasteiger partial charge in [-0.2, -0.15) is 0 Å². The van der Waals surface area contributed by atoms with Crippen LogP contribution in [0.15, 0.2) is 11.8 Å². The Bertz CT molecular complexity index is 504. The highest BCUT2D eigenvalue weighted by Gasteiger charge is 2.41. The molecule has 1 rings (SSSR count). The van der Waals surface area contributed by atoms with Crippen LogP contribution in [0.1, 0.15) is 20.3 Å². The summed E-state index contributed by atoms with van der Waals surface area (Å²) in [4.78, 5) is 27.2. The molecule has 1 unspecified atom stereocenters. The number of hydrogen-bond donors (Lipinski definition) is 0. The molecule has 0 bridgehead atoms. The summed E-state index contributed by atoms with van der Waals surface area (Å²) in [6.07, 6.45) is 1.87. The third kappa shape index (κ3) is 5.05. The third-order valence-corrected chi connectivity index (χ3v) is 5.83. The monoisotopic (exact) mass is 422 g/mol. The van der Waals surface area contributed by atoms with Gasteiger partial charge in [-0.25, -0.2) is 0 Å². The first-order valence-electron chi connectivity index (χ1n) is 6.99. The number of allylic oxidation sites excluding steroid dienone is 1. The molecule has 0 aromatic carbocycles. The van der Waals surface area contributed by atoms with E-state index >= 15 is 0 Å². The second kappa shape index (κ2) is 8.01. The summed E-state index contributed by atoms with van der Waals surface area (Å²) in [7, 11) is 3.09. The SMILES string of the molecule is C[C@@H](CC1C(=O)N(C)/C(=C/[C@H](C)C(Cl)(Cl)Cl)C(=O)N1C)C(Cl)Cl. The first kappa shape index (κ1) is 21.2. The molecule has 1 aliphatic heterocycles. The van der Waals surface area contributed by atoms with Gasteiger partial charge >= 0.3 is 0 Å². The fourth-order valence-corrected chi connectivity index (χ4v) is 2.60. The summed E-state index contributed by atoms with van der Waals surface area (Å²) in [5.74, 6) is -1.22. The summed E-state index contributed by atoms with van der Waals surface area (Å²) >= 11 is 29.2. The van der Waals surface area contributed by atoms with E-state index in [0.29, 0.717) is 6.42 Å². The molecule has 1 saturated heterocycles. The van der Waals surface area contributed by atoms with E-state index in [4.69, 9.17) is 58.0 Å². The summed E-state index contributed by atoms with van der Waals surface area (Å²) < 4.78 is -1.56. The summed E-state index contributed by atoms with van der Waals surface area (Å²) in [5, 5.41) is 0. The van der Waals surface area contributed by atoms with Gasteiger partial charge in [0.05, 0.1) is 0 Å². The van der Waals surface area contributed by atoms with Crippen molar-refractivity contribution in [3.8, 4) is 0 Å². The molecule has 2 amide bonds. The third-order valence-electron chi connectivity index (χ3n) is 3.93. The fraction of sp³-hybridized carbons (Fsp3) is 0.714. The van der Waals surface area contributed by atoms with Crippen molar-refractivity contribution in [2.75, 3.05) is 14.1 Å². The molecule has 0 spiro atoms. The van der Waals surface area contributed by atoms with Crippen LogP contribution < -0.4 is 0 Å². The molecule has 0 radical (unpaired) electrons. The number of carbonyl (C=O) groups excluding carboxylic acids is 2. The van der Waals surface area contributed by atoms with Crippen molar-refractivity contribution in [1.82, 2.24) is 9.80 Å². The van der Waals surface area contributed by atoms with Gasteiger partial charge in [-0.15, -0.1) is 23.2 Å². The fourth-order valence-electron chi connectivity index (χ4n) is 2.20. The highest BCUT2D eigenvalue weighted by molar-refractivity contribution is 6.67. The Balaban J connectivity index is 3.07. The van der Waals surface area contributed by atoms with E-state index in [0.717, 1.165) is 0 Å². The maximum atomic E-state index is 12.6. The number of nitrogens with zero attached hydrogens (tertiary/aromatic N) is 2. The quantitative estimate of drug-likeness (QED) is 0.505. The van der Waals surface area contributed by atoms with E-state index in [9.17, 15) is 9.59 Å². The molecule has 0 aliphatic carbocycles.